The van der Waals surface area contributed by atoms with E-state index in [9.17, 15) is 4.79 Å². The molecule has 0 saturated carbocycles. The normalized spacial score (nSPS) is 17.1. The topological polar surface area (TPSA) is 87.7 Å². The van der Waals surface area contributed by atoms with E-state index in [-0.39, 0.29) is 17.9 Å². The van der Waals surface area contributed by atoms with Crippen molar-refractivity contribution in [2.75, 3.05) is 24.3 Å². The largest absolute Gasteiger partial charge is 0.331 e. The molecular weight excluding hydrogens is 416 g/mol. The van der Waals surface area contributed by atoms with Crippen molar-refractivity contribution < 1.29 is 4.79 Å². The first-order chi connectivity index (χ1) is 13.5. The van der Waals surface area contributed by atoms with Gasteiger partial charge >= 0.3 is 0 Å². The third-order valence-corrected chi connectivity index (χ3v) is 6.36. The second-order valence-electron chi connectivity index (χ2n) is 6.14. The molecule has 28 heavy (non-hydrogen) atoms. The van der Waals surface area contributed by atoms with E-state index >= 15 is 0 Å². The zero-order valence-corrected chi connectivity index (χ0v) is 17.8. The number of pyridine rings is 1. The molecule has 0 bridgehead atoms. The number of rotatable bonds is 7. The summed E-state index contributed by atoms with van der Waals surface area (Å²) in [5.74, 6) is 2.45. The molecule has 1 aliphatic heterocycles. The molecule has 7 nitrogen and oxygen atoms in total. The molecule has 3 rings (SSSR count). The first-order valence-corrected chi connectivity index (χ1v) is 11.4. The minimum atomic E-state index is -0.294. The lowest BCUT2D eigenvalue weighted by atomic mass is 10.1. The van der Waals surface area contributed by atoms with Gasteiger partial charge in [0.05, 0.1) is 21.9 Å². The third-order valence-electron chi connectivity index (χ3n) is 4.38. The summed E-state index contributed by atoms with van der Waals surface area (Å²) in [6.07, 6.45) is 6.77. The number of hydrogen-bond donors (Lipinski definition) is 0. The number of carbonyl (C=O) groups is 1. The average Bonchev–Trinajstić information content (AvgIpc) is 3.37. The second kappa shape index (κ2) is 9.45. The highest BCUT2D eigenvalue weighted by Gasteiger charge is 2.32. The Labute approximate surface area is 177 Å². The van der Waals surface area contributed by atoms with Crippen molar-refractivity contribution in [3.8, 4) is 11.9 Å². The summed E-state index contributed by atoms with van der Waals surface area (Å²) in [4.78, 5) is 23.7. The van der Waals surface area contributed by atoms with E-state index in [1.54, 1.807) is 28.6 Å². The summed E-state index contributed by atoms with van der Waals surface area (Å²) >= 11 is 9.24. The van der Waals surface area contributed by atoms with Crippen LogP contribution < -0.4 is 0 Å². The number of aromatic nitrogens is 4. The maximum atomic E-state index is 13.2. The summed E-state index contributed by atoms with van der Waals surface area (Å²) < 4.78 is 2.28. The highest BCUT2D eigenvalue weighted by Crippen LogP contribution is 2.34. The number of thioether (sulfide) groups is 2. The van der Waals surface area contributed by atoms with Gasteiger partial charge in [0, 0.05) is 24.2 Å². The molecule has 1 aliphatic rings. The minimum absolute atomic E-state index is 0.0343. The van der Waals surface area contributed by atoms with Gasteiger partial charge in [0.1, 0.15) is 12.4 Å². The van der Waals surface area contributed by atoms with E-state index < -0.39 is 0 Å². The Bertz CT molecular complexity index is 908. The number of carbonyl (C=O) groups excluding carboxylic acids is 1. The van der Waals surface area contributed by atoms with Crippen molar-refractivity contribution in [3.63, 3.8) is 0 Å². The van der Waals surface area contributed by atoms with Crippen LogP contribution in [0.5, 0.6) is 0 Å². The number of halogens is 1. The zero-order valence-electron chi connectivity index (χ0n) is 15.4. The summed E-state index contributed by atoms with van der Waals surface area (Å²) in [6, 6.07) is 5.15. The van der Waals surface area contributed by atoms with Crippen LogP contribution in [0.2, 0.25) is 0 Å². The number of hydrogen-bond acceptors (Lipinski definition) is 7. The van der Waals surface area contributed by atoms with Crippen LogP contribution in [0.4, 0.5) is 0 Å². The lowest BCUT2D eigenvalue weighted by Crippen LogP contribution is -2.40. The fourth-order valence-electron chi connectivity index (χ4n) is 2.89. The van der Waals surface area contributed by atoms with E-state index in [2.05, 4.69) is 15.1 Å². The van der Waals surface area contributed by atoms with Gasteiger partial charge in [-0.25, -0.2) is 9.97 Å². The Morgan fingerprint density at radius 2 is 2.36 bits per heavy atom. The molecule has 146 valence electrons. The summed E-state index contributed by atoms with van der Waals surface area (Å²) in [6.45, 7) is 2.54. The first kappa shape index (κ1) is 20.7. The van der Waals surface area contributed by atoms with Crippen LogP contribution in [0.15, 0.2) is 35.1 Å². The van der Waals surface area contributed by atoms with E-state index in [0.29, 0.717) is 33.9 Å². The van der Waals surface area contributed by atoms with Crippen LogP contribution in [-0.4, -0.2) is 54.9 Å². The molecule has 2 aromatic rings. The minimum Gasteiger partial charge on any atom is -0.331 e. The Hall–Kier alpha value is -2.02. The van der Waals surface area contributed by atoms with E-state index in [1.165, 1.54) is 24.3 Å². The summed E-state index contributed by atoms with van der Waals surface area (Å²) in [5.41, 5.74) is 0.470. The quantitative estimate of drug-likeness (QED) is 0.660. The van der Waals surface area contributed by atoms with Gasteiger partial charge in [0.2, 0.25) is 5.91 Å². The van der Waals surface area contributed by atoms with Crippen LogP contribution in [0.1, 0.15) is 24.4 Å². The summed E-state index contributed by atoms with van der Waals surface area (Å²) in [7, 11) is 0. The van der Waals surface area contributed by atoms with Gasteiger partial charge in [0.25, 0.3) is 0 Å². The predicted octanol–water partition coefficient (Wildman–Crippen LogP) is 3.23. The average molecular weight is 435 g/mol. The molecule has 0 saturated heterocycles. The fraction of sp³-hybridized carbons (Fsp3) is 0.389. The molecule has 0 spiro atoms. The molecule has 2 aromatic heterocycles. The maximum Gasteiger partial charge on any atom is 0.231 e. The van der Waals surface area contributed by atoms with E-state index in [4.69, 9.17) is 16.9 Å². The van der Waals surface area contributed by atoms with Gasteiger partial charge in [-0.2, -0.15) is 26.8 Å². The van der Waals surface area contributed by atoms with Gasteiger partial charge in [-0.05, 0) is 31.4 Å². The number of amides is 1. The van der Waals surface area contributed by atoms with Gasteiger partial charge in [-0.3, -0.25) is 4.79 Å². The van der Waals surface area contributed by atoms with Crippen LogP contribution in [0, 0.1) is 17.2 Å². The Morgan fingerprint density at radius 3 is 2.96 bits per heavy atom. The van der Waals surface area contributed by atoms with Gasteiger partial charge in [-0.15, -0.1) is 11.8 Å². The zero-order chi connectivity index (χ0) is 20.1. The molecule has 10 heteroatoms. The van der Waals surface area contributed by atoms with E-state index in [1.807, 2.05) is 30.2 Å². The van der Waals surface area contributed by atoms with Gasteiger partial charge in [-0.1, -0.05) is 11.6 Å². The highest BCUT2D eigenvalue weighted by atomic mass is 35.5. The monoisotopic (exact) mass is 434 g/mol. The smallest absolute Gasteiger partial charge is 0.231 e. The van der Waals surface area contributed by atoms with Crippen LogP contribution in [0.3, 0.4) is 0 Å². The summed E-state index contributed by atoms with van der Waals surface area (Å²) in [5, 5.41) is 13.2. The van der Waals surface area contributed by atoms with E-state index in [0.717, 1.165) is 5.75 Å². The second-order valence-corrected chi connectivity index (χ2v) is 8.81. The SMILES string of the molecule is CSCCN(C(=O)C1C=C(Cl)SC1)C(C)c1ncnn1-c1ccc(C#N)cn1. The van der Waals surface area contributed by atoms with Crippen molar-refractivity contribution in [3.05, 3.63) is 46.5 Å². The van der Waals surface area contributed by atoms with Crippen molar-refractivity contribution in [2.45, 2.75) is 13.0 Å². The molecule has 0 N–H and O–H groups in total. The van der Waals surface area contributed by atoms with Crippen molar-refractivity contribution in [2.24, 2.45) is 5.92 Å². The molecule has 1 amide bonds. The first-order valence-electron chi connectivity index (χ1n) is 8.61. The van der Waals surface area contributed by atoms with Crippen LogP contribution >= 0.6 is 35.1 Å². The van der Waals surface area contributed by atoms with Crippen molar-refractivity contribution >= 4 is 41.0 Å². The molecule has 0 fully saturated rings. The predicted molar refractivity (Wildman–Crippen MR) is 112 cm³/mol. The van der Waals surface area contributed by atoms with Gasteiger partial charge < -0.3 is 4.90 Å². The molecule has 0 radical (unpaired) electrons. The lowest BCUT2D eigenvalue weighted by molar-refractivity contribution is -0.135. The van der Waals surface area contributed by atoms with Gasteiger partial charge in [0.15, 0.2) is 11.6 Å². The lowest BCUT2D eigenvalue weighted by Gasteiger charge is -2.30. The number of nitriles is 1. The molecular formula is C18H19ClN6OS2. The maximum absolute atomic E-state index is 13.2. The van der Waals surface area contributed by atoms with Crippen molar-refractivity contribution in [1.29, 1.82) is 5.26 Å². The Kier molecular flexibility index (Phi) is 6.99. The highest BCUT2D eigenvalue weighted by molar-refractivity contribution is 8.04. The molecule has 3 heterocycles. The van der Waals surface area contributed by atoms with Crippen molar-refractivity contribution in [1.82, 2.24) is 24.6 Å². The van der Waals surface area contributed by atoms with Crippen LogP contribution in [0.25, 0.3) is 5.82 Å². The van der Waals surface area contributed by atoms with Crippen LogP contribution in [-0.2, 0) is 4.79 Å². The molecule has 2 unspecified atom stereocenters. The Balaban J connectivity index is 1.89. The Morgan fingerprint density at radius 1 is 1.54 bits per heavy atom. The molecule has 0 aromatic carbocycles. The molecule has 2 atom stereocenters. The number of nitrogens with zero attached hydrogens (tertiary/aromatic N) is 6. The third kappa shape index (κ3) is 4.51. The fourth-order valence-corrected chi connectivity index (χ4v) is 4.45. The molecule has 0 aliphatic carbocycles. The standard InChI is InChI=1S/C18H19ClN6OS2/c1-12(24(5-6-27-2)18(26)14-7-15(19)28-10-14)17-22-11-23-25(17)16-4-3-13(8-20)9-21-16/h3-4,7,9,11-12,14H,5-6,10H2,1-2H3.